The third-order valence-corrected chi connectivity index (χ3v) is 19.5. The molecular formula is C68H46O2. The Labute approximate surface area is 401 Å². The van der Waals surface area contributed by atoms with Crippen LogP contribution in [0.15, 0.2) is 84.9 Å². The van der Waals surface area contributed by atoms with E-state index in [2.05, 4.69) is 98.8 Å². The number of aryl methyl sites for hydroxylation is 6. The Hall–Kier alpha value is -7.42. The fraction of sp³-hybridized carbons (Fsp3) is 0.206. The van der Waals surface area contributed by atoms with Crippen LogP contribution < -0.4 is 9.47 Å². The molecule has 0 saturated heterocycles. The zero-order chi connectivity index (χ0) is 45.5. The monoisotopic (exact) mass is 894 g/mol. The van der Waals surface area contributed by atoms with Gasteiger partial charge in [0.1, 0.15) is 11.5 Å². The van der Waals surface area contributed by atoms with Crippen LogP contribution in [0.5, 0.6) is 11.5 Å². The van der Waals surface area contributed by atoms with E-state index in [-0.39, 0.29) is 0 Å². The SMILES string of the molecule is CCc1cc(OC)cc2c3ccc4c5cc6c(c7c8ccc9c%10c(CC)cc(OC)cc%10c%10ccc%11c%12cc%13c(c%14c%15ccc(c12)c1c3c4c2c(c57)c3c8c9c%10c%11c3c(c%12%14)c2c%151)CCCC%13)CCCC6. The second-order valence-corrected chi connectivity index (χ2v) is 22.1. The Morgan fingerprint density at radius 1 is 0.286 bits per heavy atom. The summed E-state index contributed by atoms with van der Waals surface area (Å²) in [6.07, 6.45) is 11.4. The molecule has 0 radical (unpaired) electrons. The van der Waals surface area contributed by atoms with Crippen molar-refractivity contribution in [3.63, 3.8) is 0 Å². The van der Waals surface area contributed by atoms with E-state index < -0.39 is 0 Å². The molecule has 0 amide bonds. The molecule has 0 saturated carbocycles. The summed E-state index contributed by atoms with van der Waals surface area (Å²) in [6, 6.07) is 35.1. The predicted molar refractivity (Wildman–Crippen MR) is 301 cm³/mol. The average Bonchev–Trinajstić information content (AvgIpc) is 3.45. The zero-order valence-corrected chi connectivity index (χ0v) is 40.0. The number of rotatable bonds is 4. The van der Waals surface area contributed by atoms with E-state index in [0.29, 0.717) is 0 Å². The fourth-order valence-electron chi connectivity index (χ4n) is 17.0. The van der Waals surface area contributed by atoms with Gasteiger partial charge in [-0.2, -0.15) is 0 Å². The molecule has 0 aliphatic heterocycles. The van der Waals surface area contributed by atoms with Gasteiger partial charge in [0, 0.05) is 0 Å². The highest BCUT2D eigenvalue weighted by Gasteiger charge is 2.36. The van der Waals surface area contributed by atoms with Crippen LogP contribution in [0.2, 0.25) is 0 Å². The largest absolute Gasteiger partial charge is 0.497 e. The molecule has 70 heavy (non-hydrogen) atoms. The van der Waals surface area contributed by atoms with Crippen molar-refractivity contribution in [1.29, 1.82) is 0 Å². The molecule has 0 heterocycles. The number of methoxy groups -OCH3 is 2. The zero-order valence-electron chi connectivity index (χ0n) is 40.0. The Morgan fingerprint density at radius 3 is 0.943 bits per heavy atom. The van der Waals surface area contributed by atoms with Gasteiger partial charge in [0.25, 0.3) is 0 Å². The van der Waals surface area contributed by atoms with Gasteiger partial charge >= 0.3 is 0 Å². The Morgan fingerprint density at radius 2 is 0.571 bits per heavy atom. The summed E-state index contributed by atoms with van der Waals surface area (Å²) in [5, 5.41) is 46.6. The molecule has 0 aromatic heterocycles. The average molecular weight is 895 g/mol. The lowest BCUT2D eigenvalue weighted by atomic mass is 9.69. The molecule has 19 rings (SSSR count). The highest BCUT2D eigenvalue weighted by molar-refractivity contribution is 6.64. The summed E-state index contributed by atoms with van der Waals surface area (Å²) < 4.78 is 12.3. The second-order valence-electron chi connectivity index (χ2n) is 22.1. The van der Waals surface area contributed by atoms with E-state index in [1.807, 2.05) is 14.2 Å². The molecule has 0 fully saturated rings. The van der Waals surface area contributed by atoms with Crippen molar-refractivity contribution in [1.82, 2.24) is 0 Å². The molecule has 17 aromatic carbocycles. The summed E-state index contributed by atoms with van der Waals surface area (Å²) >= 11 is 0. The van der Waals surface area contributed by atoms with Crippen molar-refractivity contribution in [2.45, 2.75) is 78.1 Å². The molecule has 2 aliphatic carbocycles. The maximum atomic E-state index is 6.14. The van der Waals surface area contributed by atoms with E-state index in [4.69, 9.17) is 9.47 Å². The first kappa shape index (κ1) is 36.5. The van der Waals surface area contributed by atoms with Gasteiger partial charge < -0.3 is 9.47 Å². The van der Waals surface area contributed by atoms with Gasteiger partial charge in [0.2, 0.25) is 0 Å². The summed E-state index contributed by atoms with van der Waals surface area (Å²) in [5.41, 5.74) is 9.07. The van der Waals surface area contributed by atoms with Crippen molar-refractivity contribution in [3.8, 4) is 11.5 Å². The number of benzene rings is 17. The minimum Gasteiger partial charge on any atom is -0.497 e. The number of hydrogen-bond acceptors (Lipinski definition) is 2. The van der Waals surface area contributed by atoms with Gasteiger partial charge in [-0.1, -0.05) is 74.5 Å². The molecule has 2 nitrogen and oxygen atoms in total. The standard InChI is InChI=1S/C68H46O2/c1-5-29-23-33(69-3)27-47-39-17-15-37-45-25-32-12-8-10-14-36(32)52-44-22-20-42-50-30(6-2)24-34(70-4)28-48(50)40-18-16-38-46-26-31-11-7-9-13-35(31)51-43-21-19-41(49(29)47)57-53(39)55(37)63-65(59(43)57)67(61(46)51)64-56(38)54(40)58(42)60(44)66(64)68(63)62(45)52/h15-28H,5-14H2,1-4H3. The van der Waals surface area contributed by atoms with Gasteiger partial charge in [-0.25, -0.2) is 0 Å². The van der Waals surface area contributed by atoms with Crippen molar-refractivity contribution < 1.29 is 9.47 Å². The molecule has 2 aliphatic rings. The van der Waals surface area contributed by atoms with Crippen molar-refractivity contribution in [2.75, 3.05) is 14.2 Å². The molecule has 0 unspecified atom stereocenters. The van der Waals surface area contributed by atoms with E-state index in [0.717, 1.165) is 50.0 Å². The molecule has 17 aromatic rings. The van der Waals surface area contributed by atoms with Crippen LogP contribution in [0, 0.1) is 0 Å². The van der Waals surface area contributed by atoms with Crippen molar-refractivity contribution in [2.24, 2.45) is 0 Å². The van der Waals surface area contributed by atoms with Gasteiger partial charge in [0.15, 0.2) is 0 Å². The van der Waals surface area contributed by atoms with Crippen LogP contribution in [0.3, 0.4) is 0 Å². The first-order chi connectivity index (χ1) is 34.6. The molecule has 0 bridgehead atoms. The third-order valence-electron chi connectivity index (χ3n) is 19.5. The number of fused-ring (bicyclic) bond motifs is 14. The van der Waals surface area contributed by atoms with Crippen LogP contribution in [0.4, 0.5) is 0 Å². The normalized spacial score (nSPS) is 15.4. The lowest BCUT2D eigenvalue weighted by Crippen LogP contribution is -2.08. The highest BCUT2D eigenvalue weighted by atomic mass is 16.5. The van der Waals surface area contributed by atoms with Crippen LogP contribution in [0.25, 0.3) is 172 Å². The summed E-state index contributed by atoms with van der Waals surface area (Å²) in [7, 11) is 3.67. The second kappa shape index (κ2) is 11.8. The minimum atomic E-state index is 0.942. The van der Waals surface area contributed by atoms with Gasteiger partial charge in [0.05, 0.1) is 14.2 Å². The van der Waals surface area contributed by atoms with Crippen LogP contribution in [0.1, 0.15) is 72.9 Å². The topological polar surface area (TPSA) is 18.5 Å². The summed E-state index contributed by atoms with van der Waals surface area (Å²) in [4.78, 5) is 0. The van der Waals surface area contributed by atoms with Gasteiger partial charge in [-0.3, -0.25) is 0 Å². The molecule has 2 heteroatoms. The molecule has 0 atom stereocenters. The molecular weight excluding hydrogens is 849 g/mol. The molecule has 330 valence electrons. The lowest BCUT2D eigenvalue weighted by molar-refractivity contribution is 0.415. The van der Waals surface area contributed by atoms with Crippen molar-refractivity contribution >= 4 is 172 Å². The minimum absolute atomic E-state index is 0.942. The van der Waals surface area contributed by atoms with E-state index in [1.165, 1.54) is 209 Å². The van der Waals surface area contributed by atoms with Gasteiger partial charge in [-0.05, 0) is 294 Å². The van der Waals surface area contributed by atoms with Crippen LogP contribution in [-0.4, -0.2) is 14.2 Å². The maximum Gasteiger partial charge on any atom is 0.119 e. The predicted octanol–water partition coefficient (Wildman–Crippen LogP) is 18.5. The van der Waals surface area contributed by atoms with Crippen LogP contribution in [-0.2, 0) is 38.5 Å². The number of hydrogen-bond donors (Lipinski definition) is 0. The van der Waals surface area contributed by atoms with Crippen LogP contribution >= 0.6 is 0 Å². The first-order valence-corrected chi connectivity index (χ1v) is 26.4. The molecule has 0 N–H and O–H groups in total. The third kappa shape index (κ3) is 3.65. The van der Waals surface area contributed by atoms with E-state index in [9.17, 15) is 0 Å². The Bertz CT molecular complexity index is 4880. The Kier molecular flexibility index (Phi) is 6.14. The quantitative estimate of drug-likeness (QED) is 0.129. The van der Waals surface area contributed by atoms with Crippen molar-refractivity contribution in [3.05, 3.63) is 118 Å². The fourth-order valence-corrected chi connectivity index (χ4v) is 17.0. The maximum absolute atomic E-state index is 6.14. The highest BCUT2D eigenvalue weighted by Crippen LogP contribution is 2.64. The Balaban J connectivity index is 1.25. The summed E-state index contributed by atoms with van der Waals surface area (Å²) in [6.45, 7) is 4.65. The van der Waals surface area contributed by atoms with E-state index >= 15 is 0 Å². The lowest BCUT2D eigenvalue weighted by Gasteiger charge is -2.33. The van der Waals surface area contributed by atoms with E-state index in [1.54, 1.807) is 22.3 Å². The molecule has 0 spiro atoms. The van der Waals surface area contributed by atoms with Gasteiger partial charge in [-0.15, -0.1) is 0 Å². The smallest absolute Gasteiger partial charge is 0.119 e. The first-order valence-electron chi connectivity index (χ1n) is 26.4. The summed E-state index contributed by atoms with van der Waals surface area (Å²) in [5.74, 6) is 1.89. The number of ether oxygens (including phenoxy) is 2.